The molecule has 5 heteroatoms. The number of aliphatic hydroxyl groups is 1. The van der Waals surface area contributed by atoms with E-state index in [0.29, 0.717) is 5.92 Å². The third-order valence-corrected chi connectivity index (χ3v) is 4.85. The predicted octanol–water partition coefficient (Wildman–Crippen LogP) is 2.28. The standard InChI is InChI=1S/C13H21N3OS/c17-12(10-6-7-14-10)16-13-15-11(8-18-13)9-4-2-1-3-5-9/h8-10,12,14,17H,1-7H2,(H,15,16)/t10-,12?/m0/s1. The number of hydrogen-bond acceptors (Lipinski definition) is 5. The number of aromatic nitrogens is 1. The van der Waals surface area contributed by atoms with E-state index in [1.165, 1.54) is 37.8 Å². The zero-order valence-corrected chi connectivity index (χ0v) is 11.4. The van der Waals surface area contributed by atoms with Crippen LogP contribution in [0.2, 0.25) is 0 Å². The maximum atomic E-state index is 9.94. The van der Waals surface area contributed by atoms with Gasteiger partial charge in [-0.25, -0.2) is 4.98 Å². The summed E-state index contributed by atoms with van der Waals surface area (Å²) in [4.78, 5) is 4.63. The van der Waals surface area contributed by atoms with Crippen molar-refractivity contribution >= 4 is 16.5 Å². The van der Waals surface area contributed by atoms with Crippen LogP contribution in [-0.4, -0.2) is 28.9 Å². The van der Waals surface area contributed by atoms with E-state index in [-0.39, 0.29) is 6.04 Å². The normalized spacial score (nSPS) is 26.6. The lowest BCUT2D eigenvalue weighted by atomic mass is 9.87. The Bertz CT molecular complexity index is 385. The Morgan fingerprint density at radius 3 is 2.78 bits per heavy atom. The molecule has 2 heterocycles. The third-order valence-electron chi connectivity index (χ3n) is 4.06. The molecule has 2 fully saturated rings. The van der Waals surface area contributed by atoms with E-state index in [1.807, 2.05) is 0 Å². The largest absolute Gasteiger partial charge is 0.372 e. The fraction of sp³-hybridized carbons (Fsp3) is 0.769. The maximum absolute atomic E-state index is 9.94. The molecule has 1 saturated heterocycles. The van der Waals surface area contributed by atoms with Crippen LogP contribution in [0.15, 0.2) is 5.38 Å². The highest BCUT2D eigenvalue weighted by Crippen LogP contribution is 2.34. The Balaban J connectivity index is 1.58. The molecule has 1 aromatic heterocycles. The molecule has 1 unspecified atom stereocenters. The fourth-order valence-electron chi connectivity index (χ4n) is 2.75. The number of nitrogens with one attached hydrogen (secondary N) is 2. The maximum Gasteiger partial charge on any atom is 0.184 e. The van der Waals surface area contributed by atoms with E-state index in [9.17, 15) is 5.11 Å². The quantitative estimate of drug-likeness (QED) is 0.733. The SMILES string of the molecule is OC(Nc1nc(C2CCCCC2)cs1)[C@@H]1CCN1. The van der Waals surface area contributed by atoms with E-state index < -0.39 is 6.23 Å². The lowest BCUT2D eigenvalue weighted by Crippen LogP contribution is -2.53. The molecule has 2 atom stereocenters. The van der Waals surface area contributed by atoms with Gasteiger partial charge < -0.3 is 15.7 Å². The van der Waals surface area contributed by atoms with Crippen molar-refractivity contribution < 1.29 is 5.11 Å². The monoisotopic (exact) mass is 267 g/mol. The van der Waals surface area contributed by atoms with Crippen LogP contribution in [0.4, 0.5) is 5.13 Å². The van der Waals surface area contributed by atoms with Gasteiger partial charge in [-0.05, 0) is 25.8 Å². The van der Waals surface area contributed by atoms with Gasteiger partial charge >= 0.3 is 0 Å². The van der Waals surface area contributed by atoms with Crippen LogP contribution in [0.3, 0.4) is 0 Å². The summed E-state index contributed by atoms with van der Waals surface area (Å²) in [5, 5.41) is 19.2. The highest BCUT2D eigenvalue weighted by molar-refractivity contribution is 7.13. The van der Waals surface area contributed by atoms with Gasteiger partial charge in [-0.2, -0.15) is 0 Å². The summed E-state index contributed by atoms with van der Waals surface area (Å²) in [6.07, 6.45) is 7.11. The first-order valence-electron chi connectivity index (χ1n) is 6.96. The van der Waals surface area contributed by atoms with Crippen molar-refractivity contribution in [2.75, 3.05) is 11.9 Å². The Kier molecular flexibility index (Phi) is 3.82. The summed E-state index contributed by atoms with van der Waals surface area (Å²) in [5.41, 5.74) is 1.22. The zero-order chi connectivity index (χ0) is 12.4. The summed E-state index contributed by atoms with van der Waals surface area (Å²) >= 11 is 1.61. The first-order chi connectivity index (χ1) is 8.83. The molecule has 0 bridgehead atoms. The minimum Gasteiger partial charge on any atom is -0.372 e. The van der Waals surface area contributed by atoms with Crippen LogP contribution < -0.4 is 10.6 Å². The summed E-state index contributed by atoms with van der Waals surface area (Å²) in [7, 11) is 0. The molecule has 0 aromatic carbocycles. The van der Waals surface area contributed by atoms with Gasteiger partial charge in [-0.1, -0.05) is 19.3 Å². The Morgan fingerprint density at radius 1 is 1.33 bits per heavy atom. The highest BCUT2D eigenvalue weighted by atomic mass is 32.1. The van der Waals surface area contributed by atoms with Crippen LogP contribution in [0.1, 0.15) is 50.1 Å². The summed E-state index contributed by atoms with van der Waals surface area (Å²) in [5.74, 6) is 0.643. The molecule has 1 aromatic rings. The first kappa shape index (κ1) is 12.4. The number of hydrogen-bond donors (Lipinski definition) is 3. The van der Waals surface area contributed by atoms with Gasteiger partial charge in [0.25, 0.3) is 0 Å². The van der Waals surface area contributed by atoms with Crippen LogP contribution in [0.25, 0.3) is 0 Å². The highest BCUT2D eigenvalue weighted by Gasteiger charge is 2.26. The van der Waals surface area contributed by atoms with Gasteiger partial charge in [0.1, 0.15) is 6.23 Å². The molecule has 1 saturated carbocycles. The van der Waals surface area contributed by atoms with E-state index >= 15 is 0 Å². The summed E-state index contributed by atoms with van der Waals surface area (Å²) in [6.45, 7) is 1.01. The van der Waals surface area contributed by atoms with E-state index in [1.54, 1.807) is 11.3 Å². The van der Waals surface area contributed by atoms with Crippen LogP contribution in [0, 0.1) is 0 Å². The summed E-state index contributed by atoms with van der Waals surface area (Å²) in [6, 6.07) is 0.187. The molecule has 1 aliphatic heterocycles. The third kappa shape index (κ3) is 2.68. The zero-order valence-electron chi connectivity index (χ0n) is 10.6. The van der Waals surface area contributed by atoms with Crippen molar-refractivity contribution in [3.05, 3.63) is 11.1 Å². The average molecular weight is 267 g/mol. The molecule has 2 aliphatic rings. The predicted molar refractivity (Wildman–Crippen MR) is 74.0 cm³/mol. The second-order valence-corrected chi connectivity index (χ2v) is 6.21. The fourth-order valence-corrected chi connectivity index (χ4v) is 3.57. The van der Waals surface area contributed by atoms with Gasteiger partial charge in [0.2, 0.25) is 0 Å². The van der Waals surface area contributed by atoms with Crippen LogP contribution >= 0.6 is 11.3 Å². The number of rotatable bonds is 4. The van der Waals surface area contributed by atoms with Gasteiger partial charge in [0, 0.05) is 11.3 Å². The number of anilines is 1. The minimum absolute atomic E-state index is 0.187. The molecular formula is C13H21N3OS. The van der Waals surface area contributed by atoms with E-state index in [2.05, 4.69) is 21.0 Å². The minimum atomic E-state index is -0.510. The number of thiazole rings is 1. The van der Waals surface area contributed by atoms with E-state index in [0.717, 1.165) is 18.1 Å². The van der Waals surface area contributed by atoms with Crippen molar-refractivity contribution in [3.8, 4) is 0 Å². The Labute approximate surface area is 112 Å². The van der Waals surface area contributed by atoms with E-state index in [4.69, 9.17) is 0 Å². The van der Waals surface area contributed by atoms with Crippen molar-refractivity contribution in [1.82, 2.24) is 10.3 Å². The second-order valence-electron chi connectivity index (χ2n) is 5.35. The second kappa shape index (κ2) is 5.55. The van der Waals surface area contributed by atoms with Gasteiger partial charge in [-0.15, -0.1) is 11.3 Å². The first-order valence-corrected chi connectivity index (χ1v) is 7.84. The lowest BCUT2D eigenvalue weighted by molar-refractivity contribution is 0.119. The molecule has 3 rings (SSSR count). The molecule has 3 N–H and O–H groups in total. The molecule has 1 aliphatic carbocycles. The Hall–Kier alpha value is -0.650. The number of aliphatic hydroxyl groups excluding tert-OH is 1. The van der Waals surface area contributed by atoms with Crippen LogP contribution in [-0.2, 0) is 0 Å². The molecule has 0 radical (unpaired) electrons. The summed E-state index contributed by atoms with van der Waals surface area (Å²) < 4.78 is 0. The van der Waals surface area contributed by atoms with Gasteiger partial charge in [-0.3, -0.25) is 0 Å². The molecule has 4 nitrogen and oxygen atoms in total. The van der Waals surface area contributed by atoms with Crippen molar-refractivity contribution in [2.45, 2.75) is 56.7 Å². The Morgan fingerprint density at radius 2 is 2.11 bits per heavy atom. The molecule has 18 heavy (non-hydrogen) atoms. The van der Waals surface area contributed by atoms with Crippen molar-refractivity contribution in [2.24, 2.45) is 0 Å². The van der Waals surface area contributed by atoms with Gasteiger partial charge in [0.15, 0.2) is 5.13 Å². The molecular weight excluding hydrogens is 246 g/mol. The van der Waals surface area contributed by atoms with Crippen LogP contribution in [0.5, 0.6) is 0 Å². The smallest absolute Gasteiger partial charge is 0.184 e. The lowest BCUT2D eigenvalue weighted by Gasteiger charge is -2.32. The molecule has 0 amide bonds. The van der Waals surface area contributed by atoms with Gasteiger partial charge in [0.05, 0.1) is 11.7 Å². The van der Waals surface area contributed by atoms with Crippen molar-refractivity contribution in [3.63, 3.8) is 0 Å². The topological polar surface area (TPSA) is 57.2 Å². The average Bonchev–Trinajstić information content (AvgIpc) is 2.76. The molecule has 100 valence electrons. The number of nitrogens with zero attached hydrogens (tertiary/aromatic N) is 1. The molecule has 0 spiro atoms. The van der Waals surface area contributed by atoms with Crippen molar-refractivity contribution in [1.29, 1.82) is 0 Å².